The predicted molar refractivity (Wildman–Crippen MR) is 127 cm³/mol. The number of H-pyrrole nitrogens is 1. The van der Waals surface area contributed by atoms with Gasteiger partial charge < -0.3 is 14.2 Å². The molecule has 0 fully saturated rings. The molecular formula is C25H22N6O2. The highest BCUT2D eigenvalue weighted by atomic mass is 16.5. The van der Waals surface area contributed by atoms with Crippen molar-refractivity contribution in [3.05, 3.63) is 59.5 Å². The molecule has 1 aromatic carbocycles. The molecule has 0 spiro atoms. The fraction of sp³-hybridized carbons (Fsp3) is 0.200. The van der Waals surface area contributed by atoms with Crippen molar-refractivity contribution >= 4 is 27.5 Å². The highest BCUT2D eigenvalue weighted by molar-refractivity contribution is 6.14. The first-order valence-corrected chi connectivity index (χ1v) is 10.7. The summed E-state index contributed by atoms with van der Waals surface area (Å²) in [6.07, 6.45) is 1.95. The van der Waals surface area contributed by atoms with E-state index in [2.05, 4.69) is 22.3 Å². The Balaban J connectivity index is 1.72. The zero-order chi connectivity index (χ0) is 22.9. The predicted octanol–water partition coefficient (Wildman–Crippen LogP) is 5.32. The molecule has 0 unspecified atom stereocenters. The average Bonchev–Trinajstić information content (AvgIpc) is 3.43. The number of aryl methyl sites for hydroxylation is 4. The molecule has 5 heterocycles. The molecule has 1 N–H and O–H groups in total. The molecule has 6 aromatic rings. The zero-order valence-corrected chi connectivity index (χ0v) is 19.0. The lowest BCUT2D eigenvalue weighted by atomic mass is 9.99. The van der Waals surface area contributed by atoms with Crippen molar-refractivity contribution in [1.82, 2.24) is 29.7 Å². The van der Waals surface area contributed by atoms with Crippen LogP contribution in [0.25, 0.3) is 49.8 Å². The van der Waals surface area contributed by atoms with Crippen LogP contribution in [0.4, 0.5) is 0 Å². The van der Waals surface area contributed by atoms with Crippen LogP contribution in [-0.4, -0.2) is 36.8 Å². The SMILES string of the molecule is COc1cc2c(cc1-c1c(C)noc1C)[nH]c1nc(C)nc(-c3c(C)nn4ccccc34)c12. The Labute approximate surface area is 189 Å². The van der Waals surface area contributed by atoms with E-state index in [0.717, 1.165) is 72.7 Å². The second kappa shape index (κ2) is 6.90. The molecule has 0 bridgehead atoms. The number of nitrogens with zero attached hydrogens (tertiary/aromatic N) is 5. The fourth-order valence-electron chi connectivity index (χ4n) is 4.76. The minimum atomic E-state index is 0.691. The number of nitrogens with one attached hydrogen (secondary N) is 1. The zero-order valence-electron chi connectivity index (χ0n) is 19.0. The summed E-state index contributed by atoms with van der Waals surface area (Å²) < 4.78 is 13.1. The van der Waals surface area contributed by atoms with Gasteiger partial charge in [0.1, 0.15) is 23.0 Å². The van der Waals surface area contributed by atoms with Gasteiger partial charge in [-0.25, -0.2) is 14.5 Å². The Bertz CT molecular complexity index is 1690. The Kier molecular flexibility index (Phi) is 4.07. The molecule has 0 aliphatic heterocycles. The maximum absolute atomic E-state index is 5.81. The maximum atomic E-state index is 5.81. The van der Waals surface area contributed by atoms with E-state index in [9.17, 15) is 0 Å². The van der Waals surface area contributed by atoms with Crippen LogP contribution in [0.15, 0.2) is 41.1 Å². The smallest absolute Gasteiger partial charge is 0.142 e. The van der Waals surface area contributed by atoms with Crippen LogP contribution < -0.4 is 4.74 Å². The minimum Gasteiger partial charge on any atom is -0.496 e. The number of benzene rings is 1. The molecule has 33 heavy (non-hydrogen) atoms. The molecule has 0 saturated carbocycles. The van der Waals surface area contributed by atoms with Crippen molar-refractivity contribution in [2.75, 3.05) is 7.11 Å². The van der Waals surface area contributed by atoms with E-state index in [4.69, 9.17) is 24.3 Å². The summed E-state index contributed by atoms with van der Waals surface area (Å²) in [4.78, 5) is 13.1. The van der Waals surface area contributed by atoms with E-state index in [1.807, 2.05) is 56.6 Å². The number of hydrogen-bond donors (Lipinski definition) is 1. The van der Waals surface area contributed by atoms with Gasteiger partial charge in [0.25, 0.3) is 0 Å². The number of ether oxygens (including phenoxy) is 1. The number of hydrogen-bond acceptors (Lipinski definition) is 6. The van der Waals surface area contributed by atoms with Gasteiger partial charge in [0.15, 0.2) is 0 Å². The molecule has 0 atom stereocenters. The van der Waals surface area contributed by atoms with Crippen LogP contribution in [0.2, 0.25) is 0 Å². The van der Waals surface area contributed by atoms with E-state index < -0.39 is 0 Å². The third-order valence-corrected chi connectivity index (χ3v) is 6.14. The van der Waals surface area contributed by atoms with E-state index in [-0.39, 0.29) is 0 Å². The first kappa shape index (κ1) is 19.5. The summed E-state index contributed by atoms with van der Waals surface area (Å²) in [5.41, 5.74) is 8.17. The van der Waals surface area contributed by atoms with Gasteiger partial charge in [0.2, 0.25) is 0 Å². The summed E-state index contributed by atoms with van der Waals surface area (Å²) in [6, 6.07) is 10.2. The van der Waals surface area contributed by atoms with Crippen LogP contribution in [-0.2, 0) is 0 Å². The largest absolute Gasteiger partial charge is 0.496 e. The summed E-state index contributed by atoms with van der Waals surface area (Å²) in [7, 11) is 1.68. The lowest BCUT2D eigenvalue weighted by Crippen LogP contribution is -1.94. The van der Waals surface area contributed by atoms with Crippen LogP contribution in [0.1, 0.15) is 23.0 Å². The average molecular weight is 438 g/mol. The quantitative estimate of drug-likeness (QED) is 0.402. The Hall–Kier alpha value is -4.20. The number of fused-ring (bicyclic) bond motifs is 4. The number of aromatic nitrogens is 6. The summed E-state index contributed by atoms with van der Waals surface area (Å²) in [5, 5.41) is 10.7. The van der Waals surface area contributed by atoms with Gasteiger partial charge in [-0.2, -0.15) is 5.10 Å². The van der Waals surface area contributed by atoms with Gasteiger partial charge in [-0.15, -0.1) is 0 Å². The molecule has 8 heteroatoms. The lowest BCUT2D eigenvalue weighted by Gasteiger charge is -2.09. The molecular weight excluding hydrogens is 416 g/mol. The number of aromatic amines is 1. The molecule has 0 radical (unpaired) electrons. The Morgan fingerprint density at radius 2 is 1.85 bits per heavy atom. The van der Waals surface area contributed by atoms with Crippen molar-refractivity contribution in [2.45, 2.75) is 27.7 Å². The molecule has 0 aliphatic rings. The lowest BCUT2D eigenvalue weighted by molar-refractivity contribution is 0.393. The van der Waals surface area contributed by atoms with Gasteiger partial charge in [0, 0.05) is 28.2 Å². The topological polar surface area (TPSA) is 94.1 Å². The summed E-state index contributed by atoms with van der Waals surface area (Å²) >= 11 is 0. The monoisotopic (exact) mass is 438 g/mol. The number of rotatable bonds is 3. The van der Waals surface area contributed by atoms with Crippen LogP contribution in [0.3, 0.4) is 0 Å². The summed E-state index contributed by atoms with van der Waals surface area (Å²) in [5.74, 6) is 2.18. The second-order valence-corrected chi connectivity index (χ2v) is 8.26. The Morgan fingerprint density at radius 3 is 2.61 bits per heavy atom. The van der Waals surface area contributed by atoms with Crippen molar-refractivity contribution in [3.8, 4) is 28.1 Å². The third-order valence-electron chi connectivity index (χ3n) is 6.14. The third kappa shape index (κ3) is 2.77. The van der Waals surface area contributed by atoms with E-state index in [1.54, 1.807) is 7.11 Å². The fourth-order valence-corrected chi connectivity index (χ4v) is 4.76. The molecule has 8 nitrogen and oxygen atoms in total. The van der Waals surface area contributed by atoms with Gasteiger partial charge >= 0.3 is 0 Å². The van der Waals surface area contributed by atoms with Gasteiger partial charge in [-0.05, 0) is 52.0 Å². The van der Waals surface area contributed by atoms with Crippen molar-refractivity contribution in [2.24, 2.45) is 0 Å². The maximum Gasteiger partial charge on any atom is 0.142 e. The molecule has 5 aromatic heterocycles. The van der Waals surface area contributed by atoms with Crippen LogP contribution >= 0.6 is 0 Å². The van der Waals surface area contributed by atoms with Crippen molar-refractivity contribution in [1.29, 1.82) is 0 Å². The standard InChI is InChI=1S/C25H22N6O2/c1-12-22(19-8-6-7-9-31(19)29-12)24-23-16-11-20(32-5)17(21-13(2)30-33-14(21)3)10-18(16)28-25(23)27-15(4)26-24/h6-11H,1-5H3,(H,26,27,28). The van der Waals surface area contributed by atoms with E-state index in [1.165, 1.54) is 0 Å². The molecule has 6 rings (SSSR count). The highest BCUT2D eigenvalue weighted by Gasteiger charge is 2.23. The Morgan fingerprint density at radius 1 is 1.00 bits per heavy atom. The van der Waals surface area contributed by atoms with Crippen molar-refractivity contribution in [3.63, 3.8) is 0 Å². The molecule has 0 amide bonds. The minimum absolute atomic E-state index is 0.691. The normalized spacial score (nSPS) is 11.8. The van der Waals surface area contributed by atoms with Crippen molar-refractivity contribution < 1.29 is 9.26 Å². The molecule has 164 valence electrons. The van der Waals surface area contributed by atoms with Gasteiger partial charge in [-0.1, -0.05) is 11.2 Å². The molecule has 0 aliphatic carbocycles. The highest BCUT2D eigenvalue weighted by Crippen LogP contribution is 2.42. The number of pyridine rings is 1. The first-order valence-electron chi connectivity index (χ1n) is 10.7. The van der Waals surface area contributed by atoms with E-state index in [0.29, 0.717) is 5.82 Å². The number of methoxy groups -OCH3 is 1. The summed E-state index contributed by atoms with van der Waals surface area (Å²) in [6.45, 7) is 7.76. The van der Waals surface area contributed by atoms with Gasteiger partial charge in [0.05, 0.1) is 40.7 Å². The molecule has 0 saturated heterocycles. The first-order chi connectivity index (χ1) is 16.0. The second-order valence-electron chi connectivity index (χ2n) is 8.26. The van der Waals surface area contributed by atoms with Crippen LogP contribution in [0, 0.1) is 27.7 Å². The van der Waals surface area contributed by atoms with Gasteiger partial charge in [-0.3, -0.25) is 0 Å². The van der Waals surface area contributed by atoms with Crippen LogP contribution in [0.5, 0.6) is 5.75 Å². The van der Waals surface area contributed by atoms with E-state index >= 15 is 0 Å².